The first-order chi connectivity index (χ1) is 12.1. The van der Waals surface area contributed by atoms with E-state index in [0.29, 0.717) is 17.7 Å². The van der Waals surface area contributed by atoms with Crippen molar-refractivity contribution in [3.63, 3.8) is 0 Å². The van der Waals surface area contributed by atoms with Crippen LogP contribution in [0.15, 0.2) is 29.4 Å². The average Bonchev–Trinajstić information content (AvgIpc) is 2.91. The molecule has 2 N–H and O–H groups in total. The predicted octanol–water partition coefficient (Wildman–Crippen LogP) is 1.91. The number of likely N-dealkylation sites (tertiary alicyclic amines) is 1. The molecule has 1 aromatic rings. The minimum atomic E-state index is -0.392. The molecule has 1 saturated heterocycles. The maximum atomic E-state index is 12.9. The molecule has 2 heterocycles. The van der Waals surface area contributed by atoms with Crippen LogP contribution in [-0.4, -0.2) is 41.4 Å². The monoisotopic (exact) mass is 342 g/mol. The van der Waals surface area contributed by atoms with Crippen LogP contribution >= 0.6 is 0 Å². The number of carbonyl (C=O) groups excluding carboxylic acids is 3. The molecule has 2 aliphatic rings. The highest BCUT2D eigenvalue weighted by Crippen LogP contribution is 2.20. The van der Waals surface area contributed by atoms with Gasteiger partial charge in [-0.1, -0.05) is 25.0 Å². The molecule has 0 bridgehead atoms. The van der Waals surface area contributed by atoms with Gasteiger partial charge in [-0.05, 0) is 25.0 Å². The first kappa shape index (κ1) is 17.1. The summed E-state index contributed by atoms with van der Waals surface area (Å²) in [5, 5.41) is 6.56. The van der Waals surface area contributed by atoms with Gasteiger partial charge in [0.2, 0.25) is 5.91 Å². The molecular weight excluding hydrogens is 320 g/mol. The largest absolute Gasteiger partial charge is 0.339 e. The number of para-hydroxylation sites is 1. The van der Waals surface area contributed by atoms with Gasteiger partial charge in [0, 0.05) is 25.9 Å². The molecular formula is C18H22N4O3. The number of benzene rings is 1. The lowest BCUT2D eigenvalue weighted by atomic mass is 10.1. The van der Waals surface area contributed by atoms with Gasteiger partial charge in [0.25, 0.3) is 11.8 Å². The molecule has 2 aliphatic heterocycles. The van der Waals surface area contributed by atoms with Gasteiger partial charge in [0.05, 0.1) is 11.3 Å². The lowest BCUT2D eigenvalue weighted by molar-refractivity contribution is -0.121. The number of carbonyl (C=O) groups is 3. The van der Waals surface area contributed by atoms with Crippen LogP contribution in [0, 0.1) is 0 Å². The highest BCUT2D eigenvalue weighted by Gasteiger charge is 2.23. The number of rotatable bonds is 3. The minimum Gasteiger partial charge on any atom is -0.339 e. The van der Waals surface area contributed by atoms with Crippen LogP contribution in [0.4, 0.5) is 5.69 Å². The van der Waals surface area contributed by atoms with E-state index in [9.17, 15) is 14.4 Å². The van der Waals surface area contributed by atoms with Crippen molar-refractivity contribution in [3.05, 3.63) is 29.8 Å². The lowest BCUT2D eigenvalue weighted by Gasteiger charge is -2.22. The topological polar surface area (TPSA) is 90.9 Å². The van der Waals surface area contributed by atoms with Crippen LogP contribution in [0.25, 0.3) is 0 Å². The Bertz CT molecular complexity index is 706. The Hall–Kier alpha value is -2.70. The van der Waals surface area contributed by atoms with Gasteiger partial charge in [-0.2, -0.15) is 5.10 Å². The second-order valence-electron chi connectivity index (χ2n) is 6.30. The van der Waals surface area contributed by atoms with Gasteiger partial charge in [0.1, 0.15) is 5.71 Å². The molecule has 25 heavy (non-hydrogen) atoms. The highest BCUT2D eigenvalue weighted by atomic mass is 16.2. The van der Waals surface area contributed by atoms with Crippen LogP contribution in [0.1, 0.15) is 48.9 Å². The van der Waals surface area contributed by atoms with Crippen molar-refractivity contribution < 1.29 is 14.4 Å². The summed E-state index contributed by atoms with van der Waals surface area (Å²) in [7, 11) is 0. The summed E-state index contributed by atoms with van der Waals surface area (Å²) < 4.78 is 0. The van der Waals surface area contributed by atoms with Crippen LogP contribution in [0.5, 0.6) is 0 Å². The number of nitrogens with one attached hydrogen (secondary N) is 2. The summed E-state index contributed by atoms with van der Waals surface area (Å²) in [5.74, 6) is -0.652. The Balaban J connectivity index is 1.75. The quantitative estimate of drug-likeness (QED) is 0.879. The van der Waals surface area contributed by atoms with Crippen molar-refractivity contribution >= 4 is 29.1 Å². The summed E-state index contributed by atoms with van der Waals surface area (Å²) in [4.78, 5) is 38.2. The maximum Gasteiger partial charge on any atom is 0.271 e. The Morgan fingerprint density at radius 3 is 2.44 bits per heavy atom. The fourth-order valence-electron chi connectivity index (χ4n) is 3.06. The summed E-state index contributed by atoms with van der Waals surface area (Å²) >= 11 is 0. The van der Waals surface area contributed by atoms with Crippen LogP contribution < -0.4 is 10.7 Å². The minimum absolute atomic E-state index is 0.0586. The molecule has 0 saturated carbocycles. The van der Waals surface area contributed by atoms with E-state index in [2.05, 4.69) is 15.8 Å². The zero-order chi connectivity index (χ0) is 17.6. The van der Waals surface area contributed by atoms with E-state index in [-0.39, 0.29) is 23.9 Å². The molecule has 7 heteroatoms. The zero-order valence-electron chi connectivity index (χ0n) is 14.1. The van der Waals surface area contributed by atoms with E-state index in [0.717, 1.165) is 38.8 Å². The van der Waals surface area contributed by atoms with Crippen molar-refractivity contribution in [2.45, 2.75) is 38.5 Å². The summed E-state index contributed by atoms with van der Waals surface area (Å²) in [6.45, 7) is 1.50. The molecule has 3 rings (SSSR count). The maximum absolute atomic E-state index is 12.9. The Labute approximate surface area is 146 Å². The normalized spacial score (nSPS) is 18.0. The second-order valence-corrected chi connectivity index (χ2v) is 6.30. The summed E-state index contributed by atoms with van der Waals surface area (Å²) in [5.41, 5.74) is 3.53. The molecule has 0 unspecified atom stereocenters. The SMILES string of the molecule is O=C1CCC(C(=O)Nc2ccccc2C(=O)N2CCCCCC2)=NN1. The van der Waals surface area contributed by atoms with E-state index < -0.39 is 5.91 Å². The third kappa shape index (κ3) is 4.23. The summed E-state index contributed by atoms with van der Waals surface area (Å²) in [6.07, 6.45) is 4.84. The number of hydrogen-bond donors (Lipinski definition) is 2. The lowest BCUT2D eigenvalue weighted by Crippen LogP contribution is -2.34. The van der Waals surface area contributed by atoms with Gasteiger partial charge in [-0.15, -0.1) is 0 Å². The van der Waals surface area contributed by atoms with Crippen molar-refractivity contribution in [2.75, 3.05) is 18.4 Å². The first-order valence-corrected chi connectivity index (χ1v) is 8.70. The van der Waals surface area contributed by atoms with Gasteiger partial charge < -0.3 is 10.2 Å². The first-order valence-electron chi connectivity index (χ1n) is 8.70. The van der Waals surface area contributed by atoms with Crippen molar-refractivity contribution in [1.29, 1.82) is 0 Å². The smallest absolute Gasteiger partial charge is 0.271 e. The van der Waals surface area contributed by atoms with E-state index in [1.165, 1.54) is 0 Å². The number of nitrogens with zero attached hydrogens (tertiary/aromatic N) is 2. The molecule has 0 atom stereocenters. The van der Waals surface area contributed by atoms with E-state index in [1.54, 1.807) is 24.3 Å². The Morgan fingerprint density at radius 1 is 1.04 bits per heavy atom. The number of anilines is 1. The van der Waals surface area contributed by atoms with Gasteiger partial charge in [-0.25, -0.2) is 5.43 Å². The average molecular weight is 342 g/mol. The number of amides is 3. The molecule has 7 nitrogen and oxygen atoms in total. The molecule has 1 fully saturated rings. The van der Waals surface area contributed by atoms with E-state index in [4.69, 9.17) is 0 Å². The van der Waals surface area contributed by atoms with Crippen LogP contribution in [-0.2, 0) is 9.59 Å². The van der Waals surface area contributed by atoms with Crippen LogP contribution in [0.3, 0.4) is 0 Å². The zero-order valence-corrected chi connectivity index (χ0v) is 14.1. The third-order valence-corrected chi connectivity index (χ3v) is 4.47. The fraction of sp³-hybridized carbons (Fsp3) is 0.444. The van der Waals surface area contributed by atoms with Gasteiger partial charge >= 0.3 is 0 Å². The number of hydrazone groups is 1. The van der Waals surface area contributed by atoms with Crippen LogP contribution in [0.2, 0.25) is 0 Å². The van der Waals surface area contributed by atoms with Gasteiger partial charge in [0.15, 0.2) is 0 Å². The molecule has 3 amide bonds. The molecule has 0 aromatic heterocycles. The third-order valence-electron chi connectivity index (χ3n) is 4.47. The fourth-order valence-corrected chi connectivity index (χ4v) is 3.06. The Morgan fingerprint density at radius 2 is 1.76 bits per heavy atom. The molecule has 1 aromatic carbocycles. The van der Waals surface area contributed by atoms with E-state index in [1.807, 2.05) is 4.90 Å². The summed E-state index contributed by atoms with van der Waals surface area (Å²) in [6, 6.07) is 7.01. The van der Waals surface area contributed by atoms with Crippen molar-refractivity contribution in [1.82, 2.24) is 10.3 Å². The van der Waals surface area contributed by atoms with Crippen molar-refractivity contribution in [2.24, 2.45) is 5.10 Å². The molecule has 0 spiro atoms. The highest BCUT2D eigenvalue weighted by molar-refractivity contribution is 6.43. The predicted molar refractivity (Wildman–Crippen MR) is 94.3 cm³/mol. The standard InChI is InChI=1S/C18H22N4O3/c23-16-10-9-15(20-21-16)17(24)19-14-8-4-3-7-13(14)18(25)22-11-5-1-2-6-12-22/h3-4,7-8H,1-2,5-6,9-12H2,(H,19,24)(H,21,23). The van der Waals surface area contributed by atoms with Gasteiger partial charge in [-0.3, -0.25) is 14.4 Å². The van der Waals surface area contributed by atoms with E-state index >= 15 is 0 Å². The number of hydrogen-bond acceptors (Lipinski definition) is 4. The second kappa shape index (κ2) is 7.92. The molecule has 132 valence electrons. The Kier molecular flexibility index (Phi) is 5.42. The van der Waals surface area contributed by atoms with Crippen molar-refractivity contribution in [3.8, 4) is 0 Å². The molecule has 0 aliphatic carbocycles. The molecule has 0 radical (unpaired) electrons.